The summed E-state index contributed by atoms with van der Waals surface area (Å²) in [5, 5.41) is 0. The van der Waals surface area contributed by atoms with Gasteiger partial charge >= 0.3 is 0 Å². The Bertz CT molecular complexity index is 441. The molecular formula is C59H120. The van der Waals surface area contributed by atoms with Crippen LogP contribution in [0.25, 0.3) is 0 Å². The first-order valence-corrected chi connectivity index (χ1v) is 29.4. The molecule has 59 heavy (non-hydrogen) atoms. The van der Waals surface area contributed by atoms with Gasteiger partial charge in [-0.2, -0.15) is 0 Å². The van der Waals surface area contributed by atoms with E-state index >= 15 is 0 Å². The van der Waals surface area contributed by atoms with E-state index in [0.29, 0.717) is 0 Å². The Balaban J connectivity index is 0.000000686. The summed E-state index contributed by atoms with van der Waals surface area (Å²) in [6.45, 7) is 4.59. The van der Waals surface area contributed by atoms with Gasteiger partial charge in [0.05, 0.1) is 0 Å². The largest absolute Gasteiger partial charge is 0.0654 e. The minimum absolute atomic E-state index is 1.37. The fourth-order valence-corrected chi connectivity index (χ4v) is 2.97. The lowest BCUT2D eigenvalue weighted by Gasteiger charge is -2.03. The molecule has 356 valence electrons. The maximum atomic E-state index is 2.30. The summed E-state index contributed by atoms with van der Waals surface area (Å²) in [7, 11) is 0. The first-order valence-electron chi connectivity index (χ1n) is 29.4. The summed E-state index contributed by atoms with van der Waals surface area (Å²) in [6.07, 6.45) is 84.9. The van der Waals surface area contributed by atoms with E-state index in [-0.39, 0.29) is 0 Å². The van der Waals surface area contributed by atoms with E-state index in [4.69, 9.17) is 0 Å². The predicted octanol–water partition coefficient (Wildman–Crippen LogP) is 23.3. The highest BCUT2D eigenvalue weighted by Crippen LogP contribution is 2.19. The lowest BCUT2D eigenvalue weighted by atomic mass is 10.0. The maximum absolute atomic E-state index is 2.30. The van der Waals surface area contributed by atoms with Crippen molar-refractivity contribution in [3.63, 3.8) is 0 Å². The molecule has 0 aliphatic heterocycles. The van der Waals surface area contributed by atoms with Gasteiger partial charge in [0.2, 0.25) is 0 Å². The van der Waals surface area contributed by atoms with E-state index in [9.17, 15) is 0 Å². The average molecular weight is 830 g/mol. The maximum Gasteiger partial charge on any atom is -0.0533 e. The van der Waals surface area contributed by atoms with Gasteiger partial charge in [0.15, 0.2) is 0 Å². The van der Waals surface area contributed by atoms with Crippen molar-refractivity contribution in [3.05, 3.63) is 0 Å². The van der Waals surface area contributed by atoms with Crippen molar-refractivity contribution in [1.29, 1.82) is 0 Å². The molecule has 13 aliphatic carbocycles. The van der Waals surface area contributed by atoms with Gasteiger partial charge in [0.1, 0.15) is 0 Å². The van der Waals surface area contributed by atoms with Crippen LogP contribution in [0.4, 0.5) is 0 Å². The Morgan fingerprint density at radius 2 is 0.186 bits per heavy atom. The summed E-state index contributed by atoms with van der Waals surface area (Å²) < 4.78 is 0. The standard InChI is InChI=1S/C20H42.13C3H6/c1-3-5-7-9-11-13-15-17-19-20-18-16-14-12-10-8-6-4-2;13*1-2-3-1/h3-20H2,1-2H3;13*1-3H2. The lowest BCUT2D eigenvalue weighted by molar-refractivity contribution is 0.526. The first kappa shape index (κ1) is 59.0. The fraction of sp³-hybridized carbons (Fsp3) is 1.00. The van der Waals surface area contributed by atoms with Gasteiger partial charge in [-0.3, -0.25) is 0 Å². The number of hydrogen-bond acceptors (Lipinski definition) is 0. The minimum atomic E-state index is 1.37. The zero-order valence-electron chi connectivity index (χ0n) is 42.3. The second-order valence-corrected chi connectivity index (χ2v) is 20.4. The molecule has 0 bridgehead atoms. The third kappa shape index (κ3) is 202. The summed E-state index contributed by atoms with van der Waals surface area (Å²) in [5.41, 5.74) is 0. The minimum Gasteiger partial charge on any atom is -0.0654 e. The van der Waals surface area contributed by atoms with E-state index in [1.807, 2.05) is 0 Å². The molecular weight excluding hydrogens is 709 g/mol. The van der Waals surface area contributed by atoms with Gasteiger partial charge in [-0.15, -0.1) is 0 Å². The third-order valence-electron chi connectivity index (χ3n) is 9.05. The molecule has 13 aliphatic rings. The van der Waals surface area contributed by atoms with Crippen LogP contribution in [0.2, 0.25) is 0 Å². The normalized spacial score (nSPS) is 19.6. The molecule has 0 saturated heterocycles. The van der Waals surface area contributed by atoms with Crippen molar-refractivity contribution in [2.75, 3.05) is 0 Å². The Hall–Kier alpha value is 0. The topological polar surface area (TPSA) is 0 Å². The van der Waals surface area contributed by atoms with E-state index in [1.54, 1.807) is 0 Å². The molecule has 13 fully saturated rings. The molecule has 0 unspecified atom stereocenters. The Kier molecular flexibility index (Phi) is 58.0. The van der Waals surface area contributed by atoms with Crippen molar-refractivity contribution in [2.24, 2.45) is 0 Å². The number of hydrogen-bond donors (Lipinski definition) is 0. The molecule has 0 heterocycles. The van der Waals surface area contributed by atoms with Crippen LogP contribution in [0.3, 0.4) is 0 Å². The fourth-order valence-electron chi connectivity index (χ4n) is 2.97. The van der Waals surface area contributed by atoms with Crippen LogP contribution in [-0.4, -0.2) is 0 Å². The van der Waals surface area contributed by atoms with Crippen LogP contribution in [-0.2, 0) is 0 Å². The Morgan fingerprint density at radius 1 is 0.119 bits per heavy atom. The molecule has 0 amide bonds. The monoisotopic (exact) mass is 829 g/mol. The first-order chi connectivity index (χ1) is 29.4. The van der Waals surface area contributed by atoms with E-state index in [1.165, 1.54) is 366 Å². The smallest absolute Gasteiger partial charge is 0.0533 e. The molecule has 0 N–H and O–H groups in total. The van der Waals surface area contributed by atoms with Gasteiger partial charge in [-0.05, 0) is 0 Å². The number of rotatable bonds is 17. The van der Waals surface area contributed by atoms with E-state index in [2.05, 4.69) is 13.8 Å². The van der Waals surface area contributed by atoms with Crippen LogP contribution in [0.5, 0.6) is 0 Å². The van der Waals surface area contributed by atoms with Crippen LogP contribution in [0, 0.1) is 0 Å². The molecule has 13 saturated carbocycles. The summed E-state index contributed by atoms with van der Waals surface area (Å²) >= 11 is 0. The van der Waals surface area contributed by atoms with E-state index < -0.39 is 0 Å². The molecule has 0 spiro atoms. The molecule has 0 aromatic heterocycles. The SMILES string of the molecule is C1CC1.C1CC1.C1CC1.C1CC1.C1CC1.C1CC1.C1CC1.C1CC1.C1CC1.C1CC1.C1CC1.C1CC1.C1CC1.CCCCCCCCCCCCCCCCCCCC. The Labute approximate surface area is 378 Å². The zero-order chi connectivity index (χ0) is 42.3. The van der Waals surface area contributed by atoms with Gasteiger partial charge < -0.3 is 0 Å². The Morgan fingerprint density at radius 3 is 0.237 bits per heavy atom. The average Bonchev–Trinajstić information content (AvgIpc) is 4.16. The zero-order valence-corrected chi connectivity index (χ0v) is 42.3. The molecule has 0 nitrogen and oxygen atoms in total. The van der Waals surface area contributed by atoms with Crippen LogP contribution >= 0.6 is 0 Å². The lowest BCUT2D eigenvalue weighted by Crippen LogP contribution is -1.83. The van der Waals surface area contributed by atoms with Crippen LogP contribution in [0.15, 0.2) is 0 Å². The summed E-state index contributed by atoms with van der Waals surface area (Å²) in [6, 6.07) is 0. The molecule has 0 atom stereocenters. The van der Waals surface area contributed by atoms with Crippen molar-refractivity contribution in [2.45, 2.75) is 380 Å². The molecule has 0 aromatic rings. The molecule has 0 heteroatoms. The predicted molar refractivity (Wildman–Crippen MR) is 275 cm³/mol. The van der Waals surface area contributed by atoms with Crippen molar-refractivity contribution >= 4 is 0 Å². The van der Waals surface area contributed by atoms with Gasteiger partial charge in [-0.1, -0.05) is 380 Å². The molecule has 0 radical (unpaired) electrons. The van der Waals surface area contributed by atoms with E-state index in [0.717, 1.165) is 0 Å². The molecule has 13 rings (SSSR count). The summed E-state index contributed by atoms with van der Waals surface area (Å²) in [5.74, 6) is 0. The van der Waals surface area contributed by atoms with Gasteiger partial charge in [0.25, 0.3) is 0 Å². The second kappa shape index (κ2) is 58.0. The highest BCUT2D eigenvalue weighted by molar-refractivity contribution is 4.55. The van der Waals surface area contributed by atoms with Crippen LogP contribution in [0.1, 0.15) is 380 Å². The van der Waals surface area contributed by atoms with Crippen molar-refractivity contribution < 1.29 is 0 Å². The third-order valence-corrected chi connectivity index (χ3v) is 9.05. The molecule has 0 aromatic carbocycles. The second-order valence-electron chi connectivity index (χ2n) is 20.4. The highest BCUT2D eigenvalue weighted by Gasteiger charge is 1.99. The van der Waals surface area contributed by atoms with Crippen LogP contribution < -0.4 is 0 Å². The van der Waals surface area contributed by atoms with Crippen molar-refractivity contribution in [3.8, 4) is 0 Å². The number of unbranched alkanes of at least 4 members (excludes halogenated alkanes) is 17. The summed E-state index contributed by atoms with van der Waals surface area (Å²) in [4.78, 5) is 0. The quantitative estimate of drug-likeness (QED) is 0.128. The van der Waals surface area contributed by atoms with Crippen molar-refractivity contribution in [1.82, 2.24) is 0 Å². The van der Waals surface area contributed by atoms with Gasteiger partial charge in [-0.25, -0.2) is 0 Å². The van der Waals surface area contributed by atoms with Gasteiger partial charge in [0, 0.05) is 0 Å². The highest BCUT2D eigenvalue weighted by atomic mass is 14.1.